The Morgan fingerprint density at radius 1 is 1.36 bits per heavy atom. The van der Waals surface area contributed by atoms with Crippen molar-refractivity contribution >= 4 is 33.8 Å². The lowest BCUT2D eigenvalue weighted by Gasteiger charge is -2.15. The Morgan fingerprint density at radius 3 is 2.82 bits per heavy atom. The fraction of sp³-hybridized carbons (Fsp3) is 0.250. The van der Waals surface area contributed by atoms with Crippen molar-refractivity contribution in [3.05, 3.63) is 58.3 Å². The topological polar surface area (TPSA) is 46.4 Å². The van der Waals surface area contributed by atoms with Crippen LogP contribution in [0.2, 0.25) is 5.02 Å². The van der Waals surface area contributed by atoms with Crippen LogP contribution in [0.1, 0.15) is 24.1 Å². The molecule has 2 aromatic heterocycles. The highest BCUT2D eigenvalue weighted by atomic mass is 35.5. The van der Waals surface area contributed by atoms with Gasteiger partial charge in [-0.25, -0.2) is 4.98 Å². The minimum Gasteiger partial charge on any atom is -0.350 e. The molecule has 1 N–H and O–H groups in total. The lowest BCUT2D eigenvalue weighted by molar-refractivity contribution is -0.123. The highest BCUT2D eigenvalue weighted by Crippen LogP contribution is 2.48. The van der Waals surface area contributed by atoms with Gasteiger partial charge < -0.3 is 5.32 Å². The summed E-state index contributed by atoms with van der Waals surface area (Å²) in [5.41, 5.74) is 1.55. The number of fused-ring (bicyclic) bond motifs is 1. The summed E-state index contributed by atoms with van der Waals surface area (Å²) in [6.07, 6.45) is 5.69. The molecular weight excluding hydrogens is 318 g/mol. The molecule has 0 aliphatic heterocycles. The summed E-state index contributed by atoms with van der Waals surface area (Å²) in [5.74, 6) is 0.0752. The van der Waals surface area contributed by atoms with Crippen LogP contribution in [0, 0.1) is 0 Å². The number of carbonyl (C=O) groups excluding carboxylic acids is 1. The zero-order chi connectivity index (χ0) is 15.2. The molecule has 0 saturated heterocycles. The molecule has 0 bridgehead atoms. The Bertz CT molecular complexity index is 804. The van der Waals surface area contributed by atoms with Crippen LogP contribution in [-0.2, 0) is 16.8 Å². The molecule has 1 saturated carbocycles. The van der Waals surface area contributed by atoms with Crippen molar-refractivity contribution in [3.8, 4) is 0 Å². The Balaban J connectivity index is 1.47. The summed E-state index contributed by atoms with van der Waals surface area (Å²) in [6, 6.07) is 7.57. The predicted molar refractivity (Wildman–Crippen MR) is 87.3 cm³/mol. The van der Waals surface area contributed by atoms with Gasteiger partial charge in [0.15, 0.2) is 4.96 Å². The predicted octanol–water partition coefficient (Wildman–Crippen LogP) is 3.40. The maximum atomic E-state index is 12.6. The first kappa shape index (κ1) is 13.8. The van der Waals surface area contributed by atoms with Gasteiger partial charge in [0.1, 0.15) is 0 Å². The maximum absolute atomic E-state index is 12.6. The van der Waals surface area contributed by atoms with Crippen LogP contribution >= 0.6 is 22.9 Å². The molecule has 0 atom stereocenters. The molecule has 1 fully saturated rings. The highest BCUT2D eigenvalue weighted by molar-refractivity contribution is 7.15. The number of aromatic nitrogens is 2. The van der Waals surface area contributed by atoms with E-state index in [9.17, 15) is 4.79 Å². The number of hydrogen-bond donors (Lipinski definition) is 1. The van der Waals surface area contributed by atoms with Crippen molar-refractivity contribution in [2.24, 2.45) is 0 Å². The van der Waals surface area contributed by atoms with Crippen LogP contribution in [0.4, 0.5) is 0 Å². The largest absolute Gasteiger partial charge is 0.350 e. The molecule has 6 heteroatoms. The van der Waals surface area contributed by atoms with Gasteiger partial charge in [-0.15, -0.1) is 11.3 Å². The lowest BCUT2D eigenvalue weighted by Crippen LogP contribution is -2.34. The van der Waals surface area contributed by atoms with Crippen LogP contribution in [0.15, 0.2) is 42.0 Å². The number of thiazole rings is 1. The Hall–Kier alpha value is -1.85. The highest BCUT2D eigenvalue weighted by Gasteiger charge is 2.51. The third kappa shape index (κ3) is 2.30. The molecule has 22 heavy (non-hydrogen) atoms. The first-order valence-electron chi connectivity index (χ1n) is 7.13. The van der Waals surface area contributed by atoms with E-state index in [1.165, 1.54) is 0 Å². The molecule has 1 aliphatic rings. The SMILES string of the molecule is O=C(NCc1cn2ccsc2n1)C1(c2ccc(Cl)cc2)CC1. The molecule has 1 aliphatic carbocycles. The van der Waals surface area contributed by atoms with E-state index < -0.39 is 0 Å². The summed E-state index contributed by atoms with van der Waals surface area (Å²) in [5, 5.41) is 5.71. The summed E-state index contributed by atoms with van der Waals surface area (Å²) in [7, 11) is 0. The summed E-state index contributed by atoms with van der Waals surface area (Å²) >= 11 is 7.51. The van der Waals surface area contributed by atoms with Crippen LogP contribution < -0.4 is 5.32 Å². The summed E-state index contributed by atoms with van der Waals surface area (Å²) < 4.78 is 1.97. The number of imidazole rings is 1. The minimum atomic E-state index is -0.373. The van der Waals surface area contributed by atoms with Gasteiger partial charge in [0, 0.05) is 22.8 Å². The smallest absolute Gasteiger partial charge is 0.230 e. The zero-order valence-electron chi connectivity index (χ0n) is 11.8. The van der Waals surface area contributed by atoms with Gasteiger partial charge in [0.25, 0.3) is 0 Å². The van der Waals surface area contributed by atoms with Crippen molar-refractivity contribution in [1.29, 1.82) is 0 Å². The third-order valence-corrected chi connectivity index (χ3v) is 5.18. The van der Waals surface area contributed by atoms with E-state index in [2.05, 4.69) is 10.3 Å². The van der Waals surface area contributed by atoms with Gasteiger partial charge in [0.2, 0.25) is 5.91 Å². The van der Waals surface area contributed by atoms with Crippen molar-refractivity contribution in [2.75, 3.05) is 0 Å². The first-order chi connectivity index (χ1) is 10.7. The molecule has 112 valence electrons. The lowest BCUT2D eigenvalue weighted by atomic mass is 9.95. The van der Waals surface area contributed by atoms with Crippen molar-refractivity contribution in [3.63, 3.8) is 0 Å². The van der Waals surface area contributed by atoms with Crippen LogP contribution in [0.3, 0.4) is 0 Å². The number of rotatable bonds is 4. The second-order valence-corrected chi connectivity index (χ2v) is 6.91. The molecule has 0 radical (unpaired) electrons. The minimum absolute atomic E-state index is 0.0752. The van der Waals surface area contributed by atoms with Gasteiger partial charge in [-0.2, -0.15) is 0 Å². The number of benzene rings is 1. The molecule has 0 spiro atoms. The third-order valence-electron chi connectivity index (χ3n) is 4.15. The fourth-order valence-electron chi connectivity index (χ4n) is 2.74. The first-order valence-corrected chi connectivity index (χ1v) is 8.39. The molecule has 4 rings (SSSR count). The van der Waals surface area contributed by atoms with Crippen molar-refractivity contribution < 1.29 is 4.79 Å². The van der Waals surface area contributed by atoms with Crippen molar-refractivity contribution in [1.82, 2.24) is 14.7 Å². The van der Waals surface area contributed by atoms with Gasteiger partial charge in [-0.05, 0) is 30.5 Å². The monoisotopic (exact) mass is 331 g/mol. The van der Waals surface area contributed by atoms with Crippen LogP contribution in [-0.4, -0.2) is 15.3 Å². The van der Waals surface area contributed by atoms with E-state index in [1.807, 2.05) is 46.4 Å². The van der Waals surface area contributed by atoms with E-state index in [0.717, 1.165) is 29.1 Å². The number of hydrogen-bond acceptors (Lipinski definition) is 3. The molecule has 4 nitrogen and oxygen atoms in total. The van der Waals surface area contributed by atoms with Crippen LogP contribution in [0.5, 0.6) is 0 Å². The van der Waals surface area contributed by atoms with E-state index in [4.69, 9.17) is 11.6 Å². The van der Waals surface area contributed by atoms with Crippen LogP contribution in [0.25, 0.3) is 4.96 Å². The zero-order valence-corrected chi connectivity index (χ0v) is 13.3. The molecule has 2 heterocycles. The van der Waals surface area contributed by atoms with Crippen molar-refractivity contribution in [2.45, 2.75) is 24.8 Å². The van der Waals surface area contributed by atoms with Gasteiger partial charge in [0.05, 0.1) is 17.7 Å². The summed E-state index contributed by atoms with van der Waals surface area (Å²) in [6.45, 7) is 0.461. The van der Waals surface area contributed by atoms with E-state index in [0.29, 0.717) is 11.6 Å². The number of nitrogens with zero attached hydrogens (tertiary/aromatic N) is 2. The van der Waals surface area contributed by atoms with E-state index >= 15 is 0 Å². The molecular formula is C16H14ClN3OS. The van der Waals surface area contributed by atoms with Gasteiger partial charge in [-0.1, -0.05) is 23.7 Å². The van der Waals surface area contributed by atoms with Gasteiger partial charge in [-0.3, -0.25) is 9.20 Å². The maximum Gasteiger partial charge on any atom is 0.230 e. The van der Waals surface area contributed by atoms with E-state index in [-0.39, 0.29) is 11.3 Å². The fourth-order valence-corrected chi connectivity index (χ4v) is 3.59. The quantitative estimate of drug-likeness (QED) is 0.796. The second kappa shape index (κ2) is 5.11. The molecule has 1 amide bonds. The van der Waals surface area contributed by atoms with E-state index in [1.54, 1.807) is 11.3 Å². The number of nitrogens with one attached hydrogen (secondary N) is 1. The Labute approximate surface area is 136 Å². The summed E-state index contributed by atoms with van der Waals surface area (Å²) in [4.78, 5) is 18.0. The number of halogens is 1. The average molecular weight is 332 g/mol. The second-order valence-electron chi connectivity index (χ2n) is 5.60. The number of carbonyl (C=O) groups is 1. The standard InChI is InChI=1S/C16H14ClN3OS/c17-12-3-1-11(2-4-12)16(5-6-16)14(21)18-9-13-10-20-7-8-22-15(20)19-13/h1-4,7-8,10H,5-6,9H2,(H,18,21). The average Bonchev–Trinajstić information content (AvgIpc) is 3.06. The molecule has 1 aromatic carbocycles. The Morgan fingerprint density at radius 2 is 2.14 bits per heavy atom. The molecule has 3 aromatic rings. The number of amides is 1. The molecule has 0 unspecified atom stereocenters. The van der Waals surface area contributed by atoms with Gasteiger partial charge >= 0.3 is 0 Å². The normalized spacial score (nSPS) is 15.9. The Kier molecular flexibility index (Phi) is 3.20.